The summed E-state index contributed by atoms with van der Waals surface area (Å²) in [5.74, 6) is 2.02. The van der Waals surface area contributed by atoms with Gasteiger partial charge in [0.2, 0.25) is 0 Å². The first-order valence-corrected chi connectivity index (χ1v) is 13.0. The van der Waals surface area contributed by atoms with E-state index in [0.29, 0.717) is 32.7 Å². The van der Waals surface area contributed by atoms with E-state index in [1.54, 1.807) is 39.0 Å². The zero-order valence-electron chi connectivity index (χ0n) is 21.5. The van der Waals surface area contributed by atoms with E-state index >= 15 is 0 Å². The minimum Gasteiger partial charge on any atom is -0.463 e. The molecule has 0 amide bonds. The van der Waals surface area contributed by atoms with Crippen LogP contribution in [0.4, 0.5) is 5.69 Å². The van der Waals surface area contributed by atoms with Gasteiger partial charge in [-0.1, -0.05) is 47.6 Å². The average Bonchev–Trinajstić information content (AvgIpc) is 3.40. The highest BCUT2D eigenvalue weighted by molar-refractivity contribution is 7.07. The zero-order chi connectivity index (χ0) is 27.8. The van der Waals surface area contributed by atoms with Crippen molar-refractivity contribution in [3.8, 4) is 12.3 Å². The monoisotopic (exact) mass is 540 g/mol. The lowest BCUT2D eigenvalue weighted by molar-refractivity contribution is -0.385. The van der Waals surface area contributed by atoms with Crippen molar-refractivity contribution in [2.75, 3.05) is 6.61 Å². The van der Waals surface area contributed by atoms with Crippen LogP contribution in [0.5, 0.6) is 0 Å². The summed E-state index contributed by atoms with van der Waals surface area (Å²) < 4.78 is 9.07. The molecule has 39 heavy (non-hydrogen) atoms. The second kappa shape index (κ2) is 10.2. The average molecular weight is 541 g/mol. The summed E-state index contributed by atoms with van der Waals surface area (Å²) in [6.45, 7) is 5.50. The van der Waals surface area contributed by atoms with E-state index in [1.807, 2.05) is 35.0 Å². The highest BCUT2D eigenvalue weighted by Gasteiger charge is 2.34. The maximum atomic E-state index is 13.9. The van der Waals surface area contributed by atoms with Gasteiger partial charge in [-0.2, -0.15) is 0 Å². The maximum Gasteiger partial charge on any atom is 0.338 e. The minimum absolute atomic E-state index is 0.103. The fourth-order valence-electron chi connectivity index (χ4n) is 4.86. The Bertz CT molecular complexity index is 1920. The molecule has 2 aromatic carbocycles. The molecule has 4 aromatic rings. The summed E-state index contributed by atoms with van der Waals surface area (Å²) >= 11 is 1.19. The van der Waals surface area contributed by atoms with Gasteiger partial charge in [-0.05, 0) is 38.5 Å². The summed E-state index contributed by atoms with van der Waals surface area (Å²) in [6, 6.07) is 11.5. The standard InChI is InChI=1S/C29H24N4O5S/c1-5-13-31-16-20(21-9-7-8-10-22(21)31)15-24-27(34)32-26(19-12-11-17(3)23(14-19)33(36)37)25(28(35)38-6-2)18(4)30-29(32)39-24/h1,7-12,14-16,26H,6,13H2,2-4H3/b24-15+/t26-/m1/s1. The van der Waals surface area contributed by atoms with Crippen LogP contribution >= 0.6 is 11.3 Å². The van der Waals surface area contributed by atoms with Gasteiger partial charge in [0.05, 0.1) is 39.9 Å². The van der Waals surface area contributed by atoms with Gasteiger partial charge < -0.3 is 9.30 Å². The fraction of sp³-hybridized carbons (Fsp3) is 0.207. The van der Waals surface area contributed by atoms with E-state index in [-0.39, 0.29) is 23.4 Å². The Labute approximate surface area is 227 Å². The summed E-state index contributed by atoms with van der Waals surface area (Å²) in [4.78, 5) is 43.2. The van der Waals surface area contributed by atoms with Crippen LogP contribution in [-0.4, -0.2) is 26.6 Å². The molecule has 0 saturated heterocycles. The number of fused-ring (bicyclic) bond motifs is 2. The Morgan fingerprint density at radius 3 is 2.77 bits per heavy atom. The lowest BCUT2D eigenvalue weighted by Crippen LogP contribution is -2.40. The molecule has 5 rings (SSSR count). The lowest BCUT2D eigenvalue weighted by atomic mass is 9.94. The summed E-state index contributed by atoms with van der Waals surface area (Å²) in [5, 5.41) is 12.6. The third-order valence-electron chi connectivity index (χ3n) is 6.63. The molecule has 196 valence electrons. The second-order valence-corrected chi connectivity index (χ2v) is 10.0. The van der Waals surface area contributed by atoms with Gasteiger partial charge in [0.25, 0.3) is 11.2 Å². The largest absolute Gasteiger partial charge is 0.463 e. The number of aromatic nitrogens is 2. The van der Waals surface area contributed by atoms with Crippen LogP contribution < -0.4 is 14.9 Å². The van der Waals surface area contributed by atoms with Crippen LogP contribution in [-0.2, 0) is 16.1 Å². The molecule has 0 aliphatic carbocycles. The number of hydrogen-bond acceptors (Lipinski definition) is 7. The third-order valence-corrected chi connectivity index (χ3v) is 7.61. The first kappa shape index (κ1) is 25.9. The first-order chi connectivity index (χ1) is 18.7. The Kier molecular flexibility index (Phi) is 6.76. The number of benzene rings is 2. The highest BCUT2D eigenvalue weighted by Crippen LogP contribution is 2.33. The number of carbonyl (C=O) groups excluding carboxylic acids is 1. The van der Waals surface area contributed by atoms with Gasteiger partial charge in [-0.25, -0.2) is 9.79 Å². The number of nitro groups is 1. The SMILES string of the molecule is C#CCn1cc(/C=c2/sc3n(c2=O)[C@H](c2ccc(C)c([N+](=O)[O-])c2)C(C(=O)OCC)=C(C)N=3)c2ccccc21. The molecule has 9 nitrogen and oxygen atoms in total. The Hall–Kier alpha value is -4.75. The van der Waals surface area contributed by atoms with E-state index < -0.39 is 16.9 Å². The number of terminal acetylenes is 1. The number of esters is 1. The second-order valence-electron chi connectivity index (χ2n) is 9.04. The summed E-state index contributed by atoms with van der Waals surface area (Å²) in [6.07, 6.45) is 9.25. The number of para-hydroxylation sites is 1. The summed E-state index contributed by atoms with van der Waals surface area (Å²) in [5.41, 5.74) is 2.74. The van der Waals surface area contributed by atoms with Crippen molar-refractivity contribution >= 4 is 40.0 Å². The molecule has 0 N–H and O–H groups in total. The quantitative estimate of drug-likeness (QED) is 0.161. The van der Waals surface area contributed by atoms with Crippen LogP contribution in [0.1, 0.15) is 36.6 Å². The van der Waals surface area contributed by atoms with E-state index in [0.717, 1.165) is 16.5 Å². The van der Waals surface area contributed by atoms with Crippen LogP contribution in [0.15, 0.2) is 69.7 Å². The molecule has 3 heterocycles. The maximum absolute atomic E-state index is 13.9. The van der Waals surface area contributed by atoms with Crippen LogP contribution in [0.3, 0.4) is 0 Å². The van der Waals surface area contributed by atoms with Crippen molar-refractivity contribution in [1.82, 2.24) is 9.13 Å². The van der Waals surface area contributed by atoms with Crippen molar-refractivity contribution in [3.05, 3.63) is 106 Å². The van der Waals surface area contributed by atoms with Crippen molar-refractivity contribution in [3.63, 3.8) is 0 Å². The molecule has 2 aromatic heterocycles. The Balaban J connectivity index is 1.77. The molecular formula is C29H24N4O5S. The molecule has 10 heteroatoms. The van der Waals surface area contributed by atoms with Crippen LogP contribution in [0.25, 0.3) is 17.0 Å². The molecule has 0 saturated carbocycles. The number of nitrogens with zero attached hydrogens (tertiary/aromatic N) is 4. The molecule has 0 radical (unpaired) electrons. The number of nitro benzene ring substituents is 1. The molecule has 0 unspecified atom stereocenters. The Morgan fingerprint density at radius 1 is 1.28 bits per heavy atom. The van der Waals surface area contributed by atoms with Gasteiger partial charge >= 0.3 is 5.97 Å². The van der Waals surface area contributed by atoms with Crippen molar-refractivity contribution in [2.24, 2.45) is 4.99 Å². The molecule has 0 fully saturated rings. The Morgan fingerprint density at radius 2 is 2.05 bits per heavy atom. The fourth-order valence-corrected chi connectivity index (χ4v) is 5.90. The molecule has 1 atom stereocenters. The number of hydrogen-bond donors (Lipinski definition) is 0. The van der Waals surface area contributed by atoms with Gasteiger partial charge in [0, 0.05) is 34.3 Å². The number of carbonyl (C=O) groups is 1. The van der Waals surface area contributed by atoms with Crippen molar-refractivity contribution < 1.29 is 14.5 Å². The van der Waals surface area contributed by atoms with E-state index in [2.05, 4.69) is 10.9 Å². The predicted octanol–water partition coefficient (Wildman–Crippen LogP) is 3.60. The lowest BCUT2D eigenvalue weighted by Gasteiger charge is -2.24. The first-order valence-electron chi connectivity index (χ1n) is 12.2. The van der Waals surface area contributed by atoms with Gasteiger partial charge in [-0.3, -0.25) is 19.5 Å². The highest BCUT2D eigenvalue weighted by atomic mass is 32.1. The number of allylic oxidation sites excluding steroid dienone is 1. The van der Waals surface area contributed by atoms with Crippen LogP contribution in [0, 0.1) is 29.4 Å². The van der Waals surface area contributed by atoms with Gasteiger partial charge in [0.1, 0.15) is 0 Å². The van der Waals surface area contributed by atoms with E-state index in [9.17, 15) is 19.7 Å². The van der Waals surface area contributed by atoms with Gasteiger partial charge in [-0.15, -0.1) is 6.42 Å². The molecule has 1 aliphatic rings. The number of thiazole rings is 1. The number of aryl methyl sites for hydroxylation is 1. The number of ether oxygens (including phenoxy) is 1. The van der Waals surface area contributed by atoms with Gasteiger partial charge in [0.15, 0.2) is 4.80 Å². The topological polar surface area (TPSA) is 109 Å². The summed E-state index contributed by atoms with van der Waals surface area (Å²) in [7, 11) is 0. The molecule has 0 bridgehead atoms. The predicted molar refractivity (Wildman–Crippen MR) is 149 cm³/mol. The molecular weight excluding hydrogens is 516 g/mol. The third kappa shape index (κ3) is 4.47. The minimum atomic E-state index is -0.940. The van der Waals surface area contributed by atoms with Crippen LogP contribution in [0.2, 0.25) is 0 Å². The van der Waals surface area contributed by atoms with Crippen molar-refractivity contribution in [1.29, 1.82) is 0 Å². The van der Waals surface area contributed by atoms with Crippen molar-refractivity contribution in [2.45, 2.75) is 33.4 Å². The van der Waals surface area contributed by atoms with E-state index in [1.165, 1.54) is 22.0 Å². The normalized spacial score (nSPS) is 15.1. The molecule has 1 aliphatic heterocycles. The van der Waals surface area contributed by atoms with E-state index in [4.69, 9.17) is 11.2 Å². The molecule has 0 spiro atoms. The zero-order valence-corrected chi connectivity index (χ0v) is 22.3. The number of rotatable bonds is 6. The smallest absolute Gasteiger partial charge is 0.338 e.